The van der Waals surface area contributed by atoms with E-state index in [0.29, 0.717) is 31.3 Å². The number of ether oxygens (including phenoxy) is 3. The van der Waals surface area contributed by atoms with Gasteiger partial charge in [0, 0.05) is 13.2 Å². The van der Waals surface area contributed by atoms with Gasteiger partial charge < -0.3 is 29.7 Å². The first-order valence-electron chi connectivity index (χ1n) is 6.56. The van der Waals surface area contributed by atoms with Crippen molar-refractivity contribution in [1.29, 1.82) is 0 Å². The standard InChI is InChI=1S/C14H23NO5/c1-18-12-8-11(9-13(19-2)14(12)17)10-15-4-3-6-20-7-5-16/h8-9,15-17H,3-7,10H2,1-2H3. The fraction of sp³-hybridized carbons (Fsp3) is 0.571. The van der Waals surface area contributed by atoms with Crippen LogP contribution in [0, 0.1) is 0 Å². The average molecular weight is 285 g/mol. The second-order valence-corrected chi connectivity index (χ2v) is 4.22. The molecule has 20 heavy (non-hydrogen) atoms. The van der Waals surface area contributed by atoms with Crippen molar-refractivity contribution in [2.24, 2.45) is 0 Å². The Kier molecular flexibility index (Phi) is 7.79. The molecule has 6 nitrogen and oxygen atoms in total. The van der Waals surface area contributed by atoms with Gasteiger partial charge in [-0.3, -0.25) is 0 Å². The van der Waals surface area contributed by atoms with Gasteiger partial charge in [-0.2, -0.15) is 0 Å². The van der Waals surface area contributed by atoms with Crippen LogP contribution in [-0.2, 0) is 11.3 Å². The fourth-order valence-electron chi connectivity index (χ4n) is 1.75. The maximum atomic E-state index is 9.80. The molecule has 0 unspecified atom stereocenters. The Bertz CT molecular complexity index is 372. The minimum atomic E-state index is 0.0103. The van der Waals surface area contributed by atoms with Crippen LogP contribution in [-0.4, -0.2) is 50.8 Å². The van der Waals surface area contributed by atoms with Crippen molar-refractivity contribution >= 4 is 0 Å². The first-order chi connectivity index (χ1) is 9.72. The number of benzene rings is 1. The molecule has 0 aliphatic carbocycles. The lowest BCUT2D eigenvalue weighted by Gasteiger charge is -2.12. The molecule has 1 rings (SSSR count). The molecule has 1 aromatic rings. The zero-order valence-electron chi connectivity index (χ0n) is 12.0. The van der Waals surface area contributed by atoms with Gasteiger partial charge >= 0.3 is 0 Å². The highest BCUT2D eigenvalue weighted by atomic mass is 16.5. The molecule has 0 aliphatic rings. The lowest BCUT2D eigenvalue weighted by molar-refractivity contribution is 0.0907. The highest BCUT2D eigenvalue weighted by Gasteiger charge is 2.10. The van der Waals surface area contributed by atoms with Crippen LogP contribution >= 0.6 is 0 Å². The zero-order valence-corrected chi connectivity index (χ0v) is 12.0. The molecule has 0 spiro atoms. The van der Waals surface area contributed by atoms with Crippen LogP contribution in [0.5, 0.6) is 17.2 Å². The Morgan fingerprint density at radius 2 is 1.75 bits per heavy atom. The van der Waals surface area contributed by atoms with Gasteiger partial charge in [0.05, 0.1) is 27.4 Å². The summed E-state index contributed by atoms with van der Waals surface area (Å²) < 4.78 is 15.4. The molecule has 6 heteroatoms. The Morgan fingerprint density at radius 1 is 1.10 bits per heavy atom. The third-order valence-electron chi connectivity index (χ3n) is 2.75. The molecule has 0 saturated heterocycles. The quantitative estimate of drug-likeness (QED) is 0.554. The predicted molar refractivity (Wildman–Crippen MR) is 75.4 cm³/mol. The number of aliphatic hydroxyl groups is 1. The molecule has 0 aromatic heterocycles. The number of phenolic OH excluding ortho intramolecular Hbond substituents is 1. The SMILES string of the molecule is COc1cc(CNCCCOCCO)cc(OC)c1O. The summed E-state index contributed by atoms with van der Waals surface area (Å²) in [7, 11) is 3.01. The van der Waals surface area contributed by atoms with E-state index in [1.165, 1.54) is 14.2 Å². The molecule has 114 valence electrons. The van der Waals surface area contributed by atoms with Crippen LogP contribution in [0.1, 0.15) is 12.0 Å². The molecule has 0 atom stereocenters. The van der Waals surface area contributed by atoms with E-state index in [4.69, 9.17) is 19.3 Å². The second kappa shape index (κ2) is 9.41. The molecule has 0 radical (unpaired) electrons. The van der Waals surface area contributed by atoms with E-state index in [-0.39, 0.29) is 12.4 Å². The highest BCUT2D eigenvalue weighted by Crippen LogP contribution is 2.36. The maximum absolute atomic E-state index is 9.80. The van der Waals surface area contributed by atoms with E-state index < -0.39 is 0 Å². The summed E-state index contributed by atoms with van der Waals surface area (Å²) in [4.78, 5) is 0. The first kappa shape index (κ1) is 16.6. The molecule has 0 saturated carbocycles. The largest absolute Gasteiger partial charge is 0.502 e. The van der Waals surface area contributed by atoms with Gasteiger partial charge in [-0.15, -0.1) is 0 Å². The van der Waals surface area contributed by atoms with Crippen LogP contribution < -0.4 is 14.8 Å². The highest BCUT2D eigenvalue weighted by molar-refractivity contribution is 5.52. The number of hydrogen-bond donors (Lipinski definition) is 3. The van der Waals surface area contributed by atoms with E-state index in [9.17, 15) is 5.11 Å². The van der Waals surface area contributed by atoms with Gasteiger partial charge in [-0.05, 0) is 30.7 Å². The topological polar surface area (TPSA) is 80.2 Å². The number of nitrogens with one attached hydrogen (secondary N) is 1. The van der Waals surface area contributed by atoms with Crippen molar-refractivity contribution in [3.8, 4) is 17.2 Å². The van der Waals surface area contributed by atoms with Crippen LogP contribution in [0.3, 0.4) is 0 Å². The summed E-state index contributed by atoms with van der Waals surface area (Å²) in [5.41, 5.74) is 0.966. The maximum Gasteiger partial charge on any atom is 0.200 e. The van der Waals surface area contributed by atoms with Crippen molar-refractivity contribution in [2.75, 3.05) is 40.6 Å². The third kappa shape index (κ3) is 5.24. The van der Waals surface area contributed by atoms with Crippen molar-refractivity contribution in [1.82, 2.24) is 5.32 Å². The van der Waals surface area contributed by atoms with E-state index >= 15 is 0 Å². The van der Waals surface area contributed by atoms with Gasteiger partial charge in [-0.25, -0.2) is 0 Å². The molecule has 0 amide bonds. The summed E-state index contributed by atoms with van der Waals surface area (Å²) in [6.07, 6.45) is 0.867. The molecule has 3 N–H and O–H groups in total. The molecular weight excluding hydrogens is 262 g/mol. The summed E-state index contributed by atoms with van der Waals surface area (Å²) in [5, 5.41) is 21.6. The van der Waals surface area contributed by atoms with E-state index in [2.05, 4.69) is 5.32 Å². The fourth-order valence-corrected chi connectivity index (χ4v) is 1.75. The number of aromatic hydroxyl groups is 1. The summed E-state index contributed by atoms with van der Waals surface area (Å²) in [6, 6.07) is 3.54. The van der Waals surface area contributed by atoms with Crippen LogP contribution in [0.2, 0.25) is 0 Å². The van der Waals surface area contributed by atoms with Gasteiger partial charge in [-0.1, -0.05) is 0 Å². The zero-order chi connectivity index (χ0) is 14.8. The van der Waals surface area contributed by atoms with Gasteiger partial charge in [0.2, 0.25) is 5.75 Å². The lowest BCUT2D eigenvalue weighted by atomic mass is 10.2. The second-order valence-electron chi connectivity index (χ2n) is 4.22. The normalized spacial score (nSPS) is 10.6. The van der Waals surface area contributed by atoms with Crippen molar-refractivity contribution < 1.29 is 24.4 Å². The number of phenols is 1. The van der Waals surface area contributed by atoms with Gasteiger partial charge in [0.15, 0.2) is 11.5 Å². The minimum Gasteiger partial charge on any atom is -0.502 e. The Hall–Kier alpha value is -1.50. The summed E-state index contributed by atoms with van der Waals surface area (Å²) in [6.45, 7) is 2.51. The van der Waals surface area contributed by atoms with Gasteiger partial charge in [0.1, 0.15) is 0 Å². The molecule has 0 fully saturated rings. The minimum absolute atomic E-state index is 0.0103. The summed E-state index contributed by atoms with van der Waals surface area (Å²) in [5.74, 6) is 0.802. The molecule has 0 heterocycles. The van der Waals surface area contributed by atoms with Crippen LogP contribution in [0.15, 0.2) is 12.1 Å². The van der Waals surface area contributed by atoms with E-state index in [1.807, 2.05) is 0 Å². The third-order valence-corrected chi connectivity index (χ3v) is 2.75. The lowest BCUT2D eigenvalue weighted by Crippen LogP contribution is -2.17. The van der Waals surface area contributed by atoms with E-state index in [0.717, 1.165) is 18.5 Å². The molecular formula is C14H23NO5. The number of hydrogen-bond acceptors (Lipinski definition) is 6. The van der Waals surface area contributed by atoms with Crippen molar-refractivity contribution in [2.45, 2.75) is 13.0 Å². The first-order valence-corrected chi connectivity index (χ1v) is 6.56. The van der Waals surface area contributed by atoms with Crippen molar-refractivity contribution in [3.05, 3.63) is 17.7 Å². The smallest absolute Gasteiger partial charge is 0.200 e. The van der Waals surface area contributed by atoms with Crippen molar-refractivity contribution in [3.63, 3.8) is 0 Å². The molecule has 1 aromatic carbocycles. The number of methoxy groups -OCH3 is 2. The van der Waals surface area contributed by atoms with Gasteiger partial charge in [0.25, 0.3) is 0 Å². The summed E-state index contributed by atoms with van der Waals surface area (Å²) >= 11 is 0. The van der Waals surface area contributed by atoms with Crippen LogP contribution in [0.25, 0.3) is 0 Å². The molecule has 0 aliphatic heterocycles. The molecule has 0 bridgehead atoms. The number of rotatable bonds is 10. The number of aliphatic hydroxyl groups excluding tert-OH is 1. The Balaban J connectivity index is 2.40. The van der Waals surface area contributed by atoms with Crippen LogP contribution in [0.4, 0.5) is 0 Å². The Morgan fingerprint density at radius 3 is 2.30 bits per heavy atom. The Labute approximate surface area is 119 Å². The average Bonchev–Trinajstić information content (AvgIpc) is 2.47. The van der Waals surface area contributed by atoms with E-state index in [1.54, 1.807) is 12.1 Å². The monoisotopic (exact) mass is 285 g/mol. The predicted octanol–water partition coefficient (Wildman–Crippen LogP) is 0.898.